The molecule has 2 unspecified atom stereocenters. The number of esters is 4. The van der Waals surface area contributed by atoms with Gasteiger partial charge in [0.05, 0.1) is 43.5 Å². The Morgan fingerprint density at radius 1 is 0.405 bits per heavy atom. The number of fused-ring (bicyclic) bond motifs is 20. The first-order valence-corrected chi connectivity index (χ1v) is 36.5. The number of ether oxygens (including phenoxy) is 4. The molecule has 111 heavy (non-hydrogen) atoms. The zero-order valence-corrected chi connectivity index (χ0v) is 64.3. The molecule has 0 fully saturated rings. The number of para-hydroxylation sites is 4. The Morgan fingerprint density at radius 3 is 1.18 bits per heavy atom. The molecule has 6 aliphatic heterocycles. The second-order valence-electron chi connectivity index (χ2n) is 27.2. The van der Waals surface area contributed by atoms with Gasteiger partial charge in [0.25, 0.3) is 23.6 Å². The average Bonchev–Trinajstić information content (AvgIpc) is 1.74. The summed E-state index contributed by atoms with van der Waals surface area (Å²) in [6.45, 7) is 6.36. The molecule has 4 N–H and O–H groups in total. The first-order valence-electron chi connectivity index (χ1n) is 36.5. The molecule has 0 saturated heterocycles. The number of hydrogen-bond donors (Lipinski definition) is 4. The number of amides is 4. The van der Waals surface area contributed by atoms with Crippen molar-refractivity contribution in [2.24, 2.45) is 20.8 Å². The molecule has 548 valence electrons. The van der Waals surface area contributed by atoms with Gasteiger partial charge in [-0.05, 0) is 195 Å². The van der Waals surface area contributed by atoms with Gasteiger partial charge in [0.2, 0.25) is 0 Å². The molecule has 0 radical (unpaired) electrons. The number of carbonyl (C=O) groups is 8. The van der Waals surface area contributed by atoms with Gasteiger partial charge in [-0.25, -0.2) is 4.99 Å². The van der Waals surface area contributed by atoms with Crippen molar-refractivity contribution in [3.8, 4) is 0 Å². The van der Waals surface area contributed by atoms with Gasteiger partial charge in [0, 0.05) is 73.3 Å². The zero-order chi connectivity index (χ0) is 76.2. The quantitative estimate of drug-likeness (QED) is 0.0477. The van der Waals surface area contributed by atoms with Crippen molar-refractivity contribution in [1.29, 1.82) is 0 Å². The maximum Gasteiger partial charge on any atom is 2.00 e. The minimum absolute atomic E-state index is 0. The number of benzene rings is 8. The molecule has 4 amide bonds. The SMILES string of the molecule is CCOC(=O)C1(C(=O)OCC)Cc2cccc(c2)C(=O)Nc2ccccc2C2=C3C=CC(=N3)C3c4ccccc4NC(=O)c4cccc(c4)CC(C(=O)OCC)(C(=O)OCC)Cc4cccc(c4)C(=O)Nc4ccccc4/C(=C4\C=CC3[N-]4)C3=N/C(=C(\c4ccc2[n-]4)c2ccccc2NC(=O)c2cccc(c2)C1)C=C3.[Zn+2]. The molecule has 1 aromatic heterocycles. The van der Waals surface area contributed by atoms with Gasteiger partial charge >= 0.3 is 43.4 Å². The van der Waals surface area contributed by atoms with Crippen LogP contribution >= 0.6 is 0 Å². The van der Waals surface area contributed by atoms with Crippen LogP contribution in [0.2, 0.25) is 0 Å². The summed E-state index contributed by atoms with van der Waals surface area (Å²) in [6.07, 6.45) is 10.4. The molecule has 15 rings (SSSR count). The second-order valence-corrected chi connectivity index (χ2v) is 27.2. The molecule has 0 saturated carbocycles. The van der Waals surface area contributed by atoms with E-state index in [1.54, 1.807) is 167 Å². The average molecular weight is 1530 g/mol. The van der Waals surface area contributed by atoms with Crippen LogP contribution in [0.5, 0.6) is 0 Å². The first-order chi connectivity index (χ1) is 53.5. The monoisotopic (exact) mass is 1520 g/mol. The van der Waals surface area contributed by atoms with E-state index in [1.807, 2.05) is 103 Å². The summed E-state index contributed by atoms with van der Waals surface area (Å²) in [5.74, 6) is -6.23. The molecule has 7 heterocycles. The van der Waals surface area contributed by atoms with Crippen molar-refractivity contribution in [3.05, 3.63) is 343 Å². The molecule has 6 aliphatic rings. The fourth-order valence-corrected chi connectivity index (χ4v) is 15.2. The smallest absolute Gasteiger partial charge is 0.677 e. The number of hydrogen-bond acceptors (Lipinski definition) is 14. The largest absolute Gasteiger partial charge is 2.00 e. The van der Waals surface area contributed by atoms with E-state index in [0.29, 0.717) is 124 Å². The van der Waals surface area contributed by atoms with Gasteiger partial charge in [-0.15, -0.1) is 17.1 Å². The van der Waals surface area contributed by atoms with E-state index >= 15 is 19.2 Å². The summed E-state index contributed by atoms with van der Waals surface area (Å²) in [5, 5.41) is 18.5. The summed E-state index contributed by atoms with van der Waals surface area (Å²) in [5.41, 5.74) is 6.87. The first kappa shape index (κ1) is 74.8. The number of aliphatic imine (C=N–C) groups is 2. The van der Waals surface area contributed by atoms with Crippen LogP contribution in [0.4, 0.5) is 22.7 Å². The summed E-state index contributed by atoms with van der Waals surface area (Å²) in [7, 11) is 0. The van der Waals surface area contributed by atoms with Gasteiger partial charge in [-0.2, -0.15) is 0 Å². The van der Waals surface area contributed by atoms with E-state index in [9.17, 15) is 19.2 Å². The van der Waals surface area contributed by atoms with Crippen LogP contribution in [-0.2, 0) is 83.3 Å². The predicted molar refractivity (Wildman–Crippen MR) is 420 cm³/mol. The third kappa shape index (κ3) is 14.8. The third-order valence-electron chi connectivity index (χ3n) is 20.2. The molecule has 9 aromatic rings. The molecule has 8 aromatic carbocycles. The molecule has 2 atom stereocenters. The number of nitrogens with zero attached hydrogens (tertiary/aromatic N) is 4. The number of anilines is 4. The third-order valence-corrected chi connectivity index (χ3v) is 20.2. The number of aromatic nitrogens is 1. The Kier molecular flexibility index (Phi) is 21.6. The minimum atomic E-state index is -1.99. The van der Waals surface area contributed by atoms with E-state index < -0.39 is 70.3 Å². The van der Waals surface area contributed by atoms with Crippen molar-refractivity contribution >= 4 is 98.4 Å². The summed E-state index contributed by atoms with van der Waals surface area (Å²) in [6, 6.07) is 58.9. The Balaban J connectivity index is 0.0000103. The van der Waals surface area contributed by atoms with Crippen LogP contribution in [0.15, 0.2) is 270 Å². The topological polar surface area (TPSA) is 275 Å². The van der Waals surface area contributed by atoms with Crippen molar-refractivity contribution in [3.63, 3.8) is 0 Å². The minimum Gasteiger partial charge on any atom is -0.677 e. The van der Waals surface area contributed by atoms with Crippen LogP contribution < -0.4 is 26.3 Å². The van der Waals surface area contributed by atoms with E-state index in [-0.39, 0.29) is 93.8 Å². The van der Waals surface area contributed by atoms with Crippen molar-refractivity contribution in [2.45, 2.75) is 65.3 Å². The van der Waals surface area contributed by atoms with E-state index in [2.05, 4.69) is 21.3 Å². The predicted octanol–water partition coefficient (Wildman–Crippen LogP) is 15.1. The summed E-state index contributed by atoms with van der Waals surface area (Å²) >= 11 is 0. The molecule has 0 aliphatic carbocycles. The zero-order valence-electron chi connectivity index (χ0n) is 61.3. The van der Waals surface area contributed by atoms with Crippen molar-refractivity contribution < 1.29 is 76.8 Å². The molecular weight excluding hydrogens is 1450 g/mol. The van der Waals surface area contributed by atoms with Gasteiger partial charge in [-0.3, -0.25) is 43.3 Å². The fraction of sp³-hybridized carbons (Fsp3) is 0.178. The standard InChI is InChI=1S/C90H76N8O12.Zn/c1-5-107-85(103)89(86(104)108-6-2)49-53-21-17-25-57(45-53)81(99)95-65-33-13-9-29-61(65)77-69-37-38-70(91-69)78(62-30-10-14-34-66(62)96-82(100)58-26-18-22-54(46-58)50-89)74-42-44-76(94-74)80-64-32-12-16-36-68(64)98-84(102)60-28-20-24-56(48-60)52-90(87(105)109-7-3,88(106)110-8-4)51-55-23-19-27-59(47-55)83(101)97-67-35-15-11-31-63(67)79(71-39-40-72(80)92-71)75-43-41-73(77)93-75;/h9-48,69,77H,5-8,49-52H2,1-4H3,(H6,91,92,93,94,95,96,97,98,99,100,101,102);/q;+2/p-2. The van der Waals surface area contributed by atoms with Crippen LogP contribution in [0.1, 0.15) is 131 Å². The number of nitrogens with one attached hydrogen (secondary N) is 4. The van der Waals surface area contributed by atoms with Crippen LogP contribution in [0.3, 0.4) is 0 Å². The van der Waals surface area contributed by atoms with Crippen LogP contribution in [0.25, 0.3) is 22.0 Å². The van der Waals surface area contributed by atoms with Gasteiger partial charge in [0.15, 0.2) is 10.8 Å². The molecule has 21 heteroatoms. The molecular formula is C90H74N8O12Zn. The number of allylic oxidation sites excluding steroid dienone is 6. The number of carbonyl (C=O) groups excluding carboxylic acids is 8. The molecule has 20 nitrogen and oxygen atoms in total. The summed E-state index contributed by atoms with van der Waals surface area (Å²) in [4.78, 5) is 136. The molecule has 20 bridgehead atoms. The van der Waals surface area contributed by atoms with Crippen molar-refractivity contribution in [2.75, 3.05) is 47.7 Å². The Bertz CT molecular complexity index is 5560. The van der Waals surface area contributed by atoms with E-state index in [0.717, 1.165) is 0 Å². The van der Waals surface area contributed by atoms with Crippen molar-refractivity contribution in [1.82, 2.24) is 4.98 Å². The number of rotatable bonds is 8. The maximum absolute atomic E-state index is 15.2. The van der Waals surface area contributed by atoms with Crippen LogP contribution in [-0.4, -0.2) is 91.4 Å². The van der Waals surface area contributed by atoms with Crippen LogP contribution in [0, 0.1) is 10.8 Å². The van der Waals surface area contributed by atoms with Gasteiger partial charge in [0.1, 0.15) is 0 Å². The van der Waals surface area contributed by atoms with E-state index in [4.69, 9.17) is 39.2 Å². The maximum atomic E-state index is 15.2. The fourth-order valence-electron chi connectivity index (χ4n) is 15.2. The van der Waals surface area contributed by atoms with Gasteiger partial charge < -0.3 is 50.5 Å². The summed E-state index contributed by atoms with van der Waals surface area (Å²) < 4.78 is 22.9. The van der Waals surface area contributed by atoms with Gasteiger partial charge in [-0.1, -0.05) is 152 Å². The Labute approximate surface area is 653 Å². The molecule has 0 spiro atoms. The normalized spacial score (nSPS) is 18.7. The Morgan fingerprint density at radius 2 is 0.766 bits per heavy atom. The Hall–Kier alpha value is -13.0. The second kappa shape index (κ2) is 32.1. The van der Waals surface area contributed by atoms with E-state index in [1.165, 1.54) is 0 Å².